The van der Waals surface area contributed by atoms with Gasteiger partial charge in [0.05, 0.1) is 6.10 Å². The highest BCUT2D eigenvalue weighted by atomic mass is 79.9. The van der Waals surface area contributed by atoms with Gasteiger partial charge in [-0.05, 0) is 36.8 Å². The number of aliphatic hydroxyl groups excluding tert-OH is 1. The number of benzene rings is 2. The van der Waals surface area contributed by atoms with E-state index in [2.05, 4.69) is 21.2 Å². The standard InChI is InChI=1S/C15H15BrClNO/c1-10(19)13-4-2-3-5-15(13)18-9-11-8-12(17)6-7-14(11)16/h2-8,10,18-19H,9H2,1H3. The van der Waals surface area contributed by atoms with Gasteiger partial charge < -0.3 is 10.4 Å². The second-order valence-corrected chi connectivity index (χ2v) is 5.64. The number of aliphatic hydroxyl groups is 1. The minimum Gasteiger partial charge on any atom is -0.389 e. The third-order valence-electron chi connectivity index (χ3n) is 2.89. The number of anilines is 1. The molecule has 2 rings (SSSR count). The minimum absolute atomic E-state index is 0.494. The lowest BCUT2D eigenvalue weighted by Crippen LogP contribution is -2.04. The van der Waals surface area contributed by atoms with Gasteiger partial charge in [-0.1, -0.05) is 45.7 Å². The Balaban J connectivity index is 2.17. The molecule has 2 aromatic carbocycles. The highest BCUT2D eigenvalue weighted by molar-refractivity contribution is 9.10. The van der Waals surface area contributed by atoms with Gasteiger partial charge in [-0.2, -0.15) is 0 Å². The topological polar surface area (TPSA) is 32.3 Å². The predicted octanol–water partition coefficient (Wildman–Crippen LogP) is 4.77. The van der Waals surface area contributed by atoms with Gasteiger partial charge in [0.1, 0.15) is 0 Å². The van der Waals surface area contributed by atoms with Crippen molar-refractivity contribution in [2.24, 2.45) is 0 Å². The molecule has 0 radical (unpaired) electrons. The molecular formula is C15H15BrClNO. The fourth-order valence-electron chi connectivity index (χ4n) is 1.89. The van der Waals surface area contributed by atoms with Crippen LogP contribution in [0.3, 0.4) is 0 Å². The van der Waals surface area contributed by atoms with E-state index in [1.165, 1.54) is 0 Å². The smallest absolute Gasteiger partial charge is 0.0781 e. The quantitative estimate of drug-likeness (QED) is 0.840. The van der Waals surface area contributed by atoms with Gasteiger partial charge in [0.25, 0.3) is 0 Å². The van der Waals surface area contributed by atoms with Crippen LogP contribution in [-0.2, 0) is 6.54 Å². The molecule has 2 nitrogen and oxygen atoms in total. The summed E-state index contributed by atoms with van der Waals surface area (Å²) in [5.41, 5.74) is 2.90. The summed E-state index contributed by atoms with van der Waals surface area (Å²) >= 11 is 9.50. The molecule has 2 N–H and O–H groups in total. The summed E-state index contributed by atoms with van der Waals surface area (Å²) < 4.78 is 1.01. The zero-order chi connectivity index (χ0) is 13.8. The summed E-state index contributed by atoms with van der Waals surface area (Å²) in [5.74, 6) is 0. The Hall–Kier alpha value is -1.03. The van der Waals surface area contributed by atoms with E-state index < -0.39 is 6.10 Å². The minimum atomic E-state index is -0.494. The molecule has 0 fully saturated rings. The second kappa shape index (κ2) is 6.42. The molecule has 19 heavy (non-hydrogen) atoms. The first kappa shape index (κ1) is 14.4. The maximum absolute atomic E-state index is 9.73. The van der Waals surface area contributed by atoms with Crippen LogP contribution in [-0.4, -0.2) is 5.11 Å². The van der Waals surface area contributed by atoms with E-state index in [0.29, 0.717) is 11.6 Å². The van der Waals surface area contributed by atoms with Crippen LogP contribution in [0, 0.1) is 0 Å². The van der Waals surface area contributed by atoms with Gasteiger partial charge >= 0.3 is 0 Å². The van der Waals surface area contributed by atoms with Crippen LogP contribution in [0.1, 0.15) is 24.2 Å². The summed E-state index contributed by atoms with van der Waals surface area (Å²) in [6.07, 6.45) is -0.494. The summed E-state index contributed by atoms with van der Waals surface area (Å²) in [6, 6.07) is 13.4. The van der Waals surface area contributed by atoms with Crippen LogP contribution in [0.4, 0.5) is 5.69 Å². The molecule has 0 aliphatic carbocycles. The summed E-state index contributed by atoms with van der Waals surface area (Å²) in [5, 5.41) is 13.8. The van der Waals surface area contributed by atoms with Gasteiger partial charge in [-0.3, -0.25) is 0 Å². The highest BCUT2D eigenvalue weighted by Gasteiger charge is 2.07. The number of nitrogens with one attached hydrogen (secondary N) is 1. The monoisotopic (exact) mass is 339 g/mol. The van der Waals surface area contributed by atoms with E-state index in [9.17, 15) is 5.11 Å². The van der Waals surface area contributed by atoms with Crippen molar-refractivity contribution in [2.75, 3.05) is 5.32 Å². The van der Waals surface area contributed by atoms with Crippen molar-refractivity contribution in [1.29, 1.82) is 0 Å². The molecule has 0 amide bonds. The van der Waals surface area contributed by atoms with Crippen molar-refractivity contribution in [2.45, 2.75) is 19.6 Å². The number of rotatable bonds is 4. The largest absolute Gasteiger partial charge is 0.389 e. The van der Waals surface area contributed by atoms with Crippen LogP contribution in [0.15, 0.2) is 46.9 Å². The Labute approximate surface area is 126 Å². The van der Waals surface area contributed by atoms with E-state index in [0.717, 1.165) is 21.3 Å². The van der Waals surface area contributed by atoms with Crippen molar-refractivity contribution in [1.82, 2.24) is 0 Å². The van der Waals surface area contributed by atoms with Crippen molar-refractivity contribution in [3.05, 3.63) is 63.1 Å². The Morgan fingerprint density at radius 3 is 2.74 bits per heavy atom. The van der Waals surface area contributed by atoms with Gasteiger partial charge in [0.2, 0.25) is 0 Å². The molecule has 0 aromatic heterocycles. The fraction of sp³-hybridized carbons (Fsp3) is 0.200. The summed E-state index contributed by atoms with van der Waals surface area (Å²) in [6.45, 7) is 2.40. The fourth-order valence-corrected chi connectivity index (χ4v) is 2.47. The number of para-hydroxylation sites is 1. The molecule has 4 heteroatoms. The van der Waals surface area contributed by atoms with Gasteiger partial charge in [-0.15, -0.1) is 0 Å². The van der Waals surface area contributed by atoms with Crippen molar-refractivity contribution >= 4 is 33.2 Å². The van der Waals surface area contributed by atoms with E-state index >= 15 is 0 Å². The zero-order valence-electron chi connectivity index (χ0n) is 10.5. The molecule has 0 heterocycles. The normalized spacial score (nSPS) is 12.2. The molecule has 0 aliphatic heterocycles. The van der Waals surface area contributed by atoms with Crippen LogP contribution in [0.25, 0.3) is 0 Å². The average molecular weight is 341 g/mol. The SMILES string of the molecule is CC(O)c1ccccc1NCc1cc(Cl)ccc1Br. The predicted molar refractivity (Wildman–Crippen MR) is 83.6 cm³/mol. The lowest BCUT2D eigenvalue weighted by atomic mass is 10.1. The Morgan fingerprint density at radius 1 is 1.26 bits per heavy atom. The van der Waals surface area contributed by atoms with Crippen LogP contribution in [0.2, 0.25) is 5.02 Å². The molecule has 0 aliphatic rings. The first-order chi connectivity index (χ1) is 9.08. The number of halogens is 2. The Morgan fingerprint density at radius 2 is 2.00 bits per heavy atom. The number of hydrogen-bond acceptors (Lipinski definition) is 2. The van der Waals surface area contributed by atoms with E-state index in [-0.39, 0.29) is 0 Å². The maximum Gasteiger partial charge on any atom is 0.0781 e. The van der Waals surface area contributed by atoms with E-state index in [1.54, 1.807) is 6.92 Å². The second-order valence-electron chi connectivity index (χ2n) is 4.35. The first-order valence-electron chi connectivity index (χ1n) is 6.02. The molecular weight excluding hydrogens is 326 g/mol. The lowest BCUT2D eigenvalue weighted by Gasteiger charge is -2.14. The summed E-state index contributed by atoms with van der Waals surface area (Å²) in [4.78, 5) is 0. The molecule has 1 atom stereocenters. The number of hydrogen-bond donors (Lipinski definition) is 2. The Bertz CT molecular complexity index is 572. The van der Waals surface area contributed by atoms with Gasteiger partial charge in [-0.25, -0.2) is 0 Å². The molecule has 1 unspecified atom stereocenters. The van der Waals surface area contributed by atoms with Crippen LogP contribution >= 0.6 is 27.5 Å². The van der Waals surface area contributed by atoms with E-state index in [4.69, 9.17) is 11.6 Å². The maximum atomic E-state index is 9.73. The summed E-state index contributed by atoms with van der Waals surface area (Å²) in [7, 11) is 0. The zero-order valence-corrected chi connectivity index (χ0v) is 12.9. The molecule has 2 aromatic rings. The van der Waals surface area contributed by atoms with Gasteiger partial charge in [0.15, 0.2) is 0 Å². The third kappa shape index (κ3) is 3.72. The van der Waals surface area contributed by atoms with Crippen molar-refractivity contribution in [3.63, 3.8) is 0 Å². The lowest BCUT2D eigenvalue weighted by molar-refractivity contribution is 0.200. The van der Waals surface area contributed by atoms with Crippen molar-refractivity contribution < 1.29 is 5.11 Å². The van der Waals surface area contributed by atoms with Crippen LogP contribution < -0.4 is 5.32 Å². The van der Waals surface area contributed by atoms with Gasteiger partial charge in [0, 0.05) is 27.3 Å². The molecule has 100 valence electrons. The van der Waals surface area contributed by atoms with Crippen molar-refractivity contribution in [3.8, 4) is 0 Å². The first-order valence-corrected chi connectivity index (χ1v) is 7.20. The van der Waals surface area contributed by atoms with Crippen LogP contribution in [0.5, 0.6) is 0 Å². The average Bonchev–Trinajstić information content (AvgIpc) is 2.40. The molecule has 0 bridgehead atoms. The molecule has 0 saturated carbocycles. The highest BCUT2D eigenvalue weighted by Crippen LogP contribution is 2.25. The third-order valence-corrected chi connectivity index (χ3v) is 3.90. The Kier molecular flexibility index (Phi) is 4.86. The molecule has 0 saturated heterocycles. The molecule has 0 spiro atoms. The van der Waals surface area contributed by atoms with E-state index in [1.807, 2.05) is 42.5 Å².